The second-order valence-electron chi connectivity index (χ2n) is 3.35. The maximum Gasteiger partial charge on any atom is 0.302 e. The van der Waals surface area contributed by atoms with Gasteiger partial charge in [0.25, 0.3) is 0 Å². The van der Waals surface area contributed by atoms with Gasteiger partial charge in [0, 0.05) is 19.4 Å². The molecule has 0 aromatic rings. The van der Waals surface area contributed by atoms with Crippen LogP contribution in [0.5, 0.6) is 0 Å². The molecular weight excluding hydrogens is 168 g/mol. The summed E-state index contributed by atoms with van der Waals surface area (Å²) in [5.41, 5.74) is 0. The van der Waals surface area contributed by atoms with Gasteiger partial charge in [0.05, 0.1) is 6.61 Å². The molecule has 0 aliphatic heterocycles. The molecule has 3 nitrogen and oxygen atoms in total. The predicted octanol–water partition coefficient (Wildman–Crippen LogP) is 1.74. The molecule has 0 rings (SSSR count). The fourth-order valence-corrected chi connectivity index (χ4v) is 1.15. The van der Waals surface area contributed by atoms with Gasteiger partial charge >= 0.3 is 5.97 Å². The van der Waals surface area contributed by atoms with Crippen LogP contribution in [0.4, 0.5) is 0 Å². The first-order chi connectivity index (χ1) is 6.20. The number of carbonyl (C=O) groups is 1. The van der Waals surface area contributed by atoms with Crippen LogP contribution in [0.25, 0.3) is 0 Å². The summed E-state index contributed by atoms with van der Waals surface area (Å²) in [6.07, 6.45) is 4.39. The molecule has 13 heavy (non-hydrogen) atoms. The van der Waals surface area contributed by atoms with Crippen molar-refractivity contribution >= 4 is 5.97 Å². The highest BCUT2D eigenvalue weighted by Gasteiger charge is 2.08. The molecule has 0 aliphatic rings. The summed E-state index contributed by atoms with van der Waals surface area (Å²) in [4.78, 5) is 10.5. The zero-order valence-corrected chi connectivity index (χ0v) is 8.58. The lowest BCUT2D eigenvalue weighted by molar-refractivity contribution is -0.142. The van der Waals surface area contributed by atoms with Crippen LogP contribution in [0, 0.1) is 5.92 Å². The Kier molecular flexibility index (Phi) is 7.69. The van der Waals surface area contributed by atoms with Gasteiger partial charge in [-0.1, -0.05) is 26.2 Å². The maximum atomic E-state index is 10.5. The number of esters is 1. The quantitative estimate of drug-likeness (QED) is 0.489. The van der Waals surface area contributed by atoms with E-state index in [-0.39, 0.29) is 18.5 Å². The van der Waals surface area contributed by atoms with Gasteiger partial charge < -0.3 is 9.84 Å². The SMILES string of the molecule is CCCCCC(CO)COC(C)=O. The first-order valence-electron chi connectivity index (χ1n) is 4.95. The molecule has 0 aromatic heterocycles. The lowest BCUT2D eigenvalue weighted by Gasteiger charge is -2.12. The topological polar surface area (TPSA) is 46.5 Å². The van der Waals surface area contributed by atoms with Crippen LogP contribution in [-0.4, -0.2) is 24.3 Å². The molecule has 3 heteroatoms. The smallest absolute Gasteiger partial charge is 0.302 e. The Balaban J connectivity index is 3.45. The van der Waals surface area contributed by atoms with Gasteiger partial charge in [-0.25, -0.2) is 0 Å². The second-order valence-corrected chi connectivity index (χ2v) is 3.35. The highest BCUT2D eigenvalue weighted by Crippen LogP contribution is 2.09. The van der Waals surface area contributed by atoms with Gasteiger partial charge in [-0.2, -0.15) is 0 Å². The van der Waals surface area contributed by atoms with Crippen molar-refractivity contribution in [2.45, 2.75) is 39.5 Å². The summed E-state index contributed by atoms with van der Waals surface area (Å²) in [5, 5.41) is 8.95. The molecule has 1 N–H and O–H groups in total. The van der Waals surface area contributed by atoms with Crippen LogP contribution < -0.4 is 0 Å². The monoisotopic (exact) mass is 188 g/mol. The van der Waals surface area contributed by atoms with E-state index in [4.69, 9.17) is 9.84 Å². The van der Waals surface area contributed by atoms with E-state index < -0.39 is 0 Å². The molecular formula is C10H20O3. The van der Waals surface area contributed by atoms with Gasteiger partial charge in [-0.3, -0.25) is 4.79 Å². The van der Waals surface area contributed by atoms with Crippen molar-refractivity contribution < 1.29 is 14.6 Å². The molecule has 0 aromatic carbocycles. The van der Waals surface area contributed by atoms with Crippen molar-refractivity contribution in [2.24, 2.45) is 5.92 Å². The van der Waals surface area contributed by atoms with E-state index in [2.05, 4.69) is 6.92 Å². The van der Waals surface area contributed by atoms with E-state index in [1.807, 2.05) is 0 Å². The Labute approximate surface area is 80.1 Å². The van der Waals surface area contributed by atoms with Crippen LogP contribution in [0.1, 0.15) is 39.5 Å². The first-order valence-corrected chi connectivity index (χ1v) is 4.95. The van der Waals surface area contributed by atoms with Crippen molar-refractivity contribution in [1.29, 1.82) is 0 Å². The highest BCUT2D eigenvalue weighted by molar-refractivity contribution is 5.65. The molecule has 0 saturated heterocycles. The van der Waals surface area contributed by atoms with Crippen molar-refractivity contribution in [1.82, 2.24) is 0 Å². The Morgan fingerprint density at radius 1 is 1.46 bits per heavy atom. The van der Waals surface area contributed by atoms with E-state index in [1.54, 1.807) is 0 Å². The number of hydrogen-bond acceptors (Lipinski definition) is 3. The van der Waals surface area contributed by atoms with Crippen molar-refractivity contribution in [3.05, 3.63) is 0 Å². The zero-order valence-electron chi connectivity index (χ0n) is 8.58. The van der Waals surface area contributed by atoms with Crippen LogP contribution in [0.2, 0.25) is 0 Å². The fourth-order valence-electron chi connectivity index (χ4n) is 1.15. The minimum Gasteiger partial charge on any atom is -0.465 e. The Bertz CT molecular complexity index is 134. The average molecular weight is 188 g/mol. The van der Waals surface area contributed by atoms with Crippen LogP contribution >= 0.6 is 0 Å². The number of ether oxygens (including phenoxy) is 1. The minimum atomic E-state index is -0.269. The summed E-state index contributed by atoms with van der Waals surface area (Å²) < 4.78 is 4.83. The van der Waals surface area contributed by atoms with E-state index in [1.165, 1.54) is 19.8 Å². The summed E-state index contributed by atoms with van der Waals surface area (Å²) >= 11 is 0. The summed E-state index contributed by atoms with van der Waals surface area (Å²) in [6.45, 7) is 3.99. The zero-order chi connectivity index (χ0) is 10.1. The molecule has 0 amide bonds. The number of hydrogen-bond donors (Lipinski definition) is 1. The predicted molar refractivity (Wildman–Crippen MR) is 51.4 cm³/mol. The van der Waals surface area contributed by atoms with Crippen molar-refractivity contribution in [3.8, 4) is 0 Å². The van der Waals surface area contributed by atoms with Gasteiger partial charge in [0.1, 0.15) is 0 Å². The highest BCUT2D eigenvalue weighted by atomic mass is 16.5. The molecule has 0 saturated carbocycles. The minimum absolute atomic E-state index is 0.108. The standard InChI is InChI=1S/C10H20O3/c1-3-4-5-6-10(7-11)8-13-9(2)12/h10-11H,3-8H2,1-2H3. The van der Waals surface area contributed by atoms with E-state index >= 15 is 0 Å². The fraction of sp³-hybridized carbons (Fsp3) is 0.900. The molecule has 78 valence electrons. The summed E-state index contributed by atoms with van der Waals surface area (Å²) in [7, 11) is 0. The van der Waals surface area contributed by atoms with Gasteiger partial charge in [0.2, 0.25) is 0 Å². The first kappa shape index (κ1) is 12.4. The van der Waals surface area contributed by atoms with E-state index in [9.17, 15) is 4.79 Å². The van der Waals surface area contributed by atoms with Crippen LogP contribution in [0.3, 0.4) is 0 Å². The third kappa shape index (κ3) is 7.78. The molecule has 0 fully saturated rings. The Morgan fingerprint density at radius 3 is 2.62 bits per heavy atom. The third-order valence-corrected chi connectivity index (χ3v) is 2.00. The molecule has 1 unspecified atom stereocenters. The number of carbonyl (C=O) groups excluding carboxylic acids is 1. The lowest BCUT2D eigenvalue weighted by Crippen LogP contribution is -2.15. The average Bonchev–Trinajstić information content (AvgIpc) is 2.10. The molecule has 0 heterocycles. The van der Waals surface area contributed by atoms with Crippen LogP contribution in [0.15, 0.2) is 0 Å². The van der Waals surface area contributed by atoms with Gasteiger partial charge in [0.15, 0.2) is 0 Å². The maximum absolute atomic E-state index is 10.5. The Hall–Kier alpha value is -0.570. The number of rotatable bonds is 7. The molecule has 0 spiro atoms. The second kappa shape index (κ2) is 8.05. The number of aliphatic hydroxyl groups excluding tert-OH is 1. The summed E-state index contributed by atoms with van der Waals surface area (Å²) in [5.74, 6) is -0.149. The van der Waals surface area contributed by atoms with E-state index in [0.717, 1.165) is 12.8 Å². The lowest BCUT2D eigenvalue weighted by atomic mass is 10.0. The number of aliphatic hydroxyl groups is 1. The van der Waals surface area contributed by atoms with E-state index in [0.29, 0.717) is 6.61 Å². The van der Waals surface area contributed by atoms with Crippen molar-refractivity contribution in [2.75, 3.05) is 13.2 Å². The molecule has 1 atom stereocenters. The third-order valence-electron chi connectivity index (χ3n) is 2.00. The van der Waals surface area contributed by atoms with Gasteiger partial charge in [-0.15, -0.1) is 0 Å². The summed E-state index contributed by atoms with van der Waals surface area (Å²) in [6, 6.07) is 0. The normalized spacial score (nSPS) is 12.5. The van der Waals surface area contributed by atoms with Crippen LogP contribution in [-0.2, 0) is 9.53 Å². The molecule has 0 bridgehead atoms. The largest absolute Gasteiger partial charge is 0.465 e. The molecule has 0 radical (unpaired) electrons. The Morgan fingerprint density at radius 2 is 2.15 bits per heavy atom. The number of unbranched alkanes of at least 4 members (excludes halogenated alkanes) is 2. The van der Waals surface area contributed by atoms with Gasteiger partial charge in [-0.05, 0) is 6.42 Å². The van der Waals surface area contributed by atoms with Crippen molar-refractivity contribution in [3.63, 3.8) is 0 Å². The molecule has 0 aliphatic carbocycles.